The molecule has 7 nitrogen and oxygen atoms in total. The molecule has 0 saturated heterocycles. The van der Waals surface area contributed by atoms with E-state index in [-0.39, 0.29) is 18.7 Å². The predicted molar refractivity (Wildman–Crippen MR) is 90.3 cm³/mol. The van der Waals surface area contributed by atoms with Gasteiger partial charge < -0.3 is 20.3 Å². The van der Waals surface area contributed by atoms with E-state index in [1.54, 1.807) is 24.3 Å². The summed E-state index contributed by atoms with van der Waals surface area (Å²) in [7, 11) is -4.83. The number of carbonyl (C=O) groups is 1. The highest BCUT2D eigenvalue weighted by Gasteiger charge is 2.20. The largest absolute Gasteiger partial charge is 0.445 e. The summed E-state index contributed by atoms with van der Waals surface area (Å²) in [5, 5.41) is 22.3. The van der Waals surface area contributed by atoms with Crippen molar-refractivity contribution in [2.75, 3.05) is 6.54 Å². The molecule has 3 N–H and O–H groups in total. The van der Waals surface area contributed by atoms with Crippen LogP contribution in [0.2, 0.25) is 0 Å². The van der Waals surface area contributed by atoms with Crippen molar-refractivity contribution in [2.24, 2.45) is 0 Å². The first-order valence-electron chi connectivity index (χ1n) is 7.62. The van der Waals surface area contributed by atoms with Crippen LogP contribution < -0.4 is 5.32 Å². The van der Waals surface area contributed by atoms with Crippen LogP contribution in [0.25, 0.3) is 0 Å². The van der Waals surface area contributed by atoms with Gasteiger partial charge in [-0.05, 0) is 23.3 Å². The van der Waals surface area contributed by atoms with Gasteiger partial charge in [-0.15, -0.1) is 3.89 Å². The maximum Gasteiger partial charge on any atom is 0.407 e. The molecule has 0 heterocycles. The van der Waals surface area contributed by atoms with Gasteiger partial charge in [-0.2, -0.15) is 8.42 Å². The number of alkyl carbamates (subject to hydrolysis) is 1. The van der Waals surface area contributed by atoms with E-state index in [0.29, 0.717) is 0 Å². The van der Waals surface area contributed by atoms with Crippen molar-refractivity contribution in [3.05, 3.63) is 65.7 Å². The Morgan fingerprint density at radius 1 is 1.08 bits per heavy atom. The Hall–Kier alpha value is -2.49. The molecule has 0 aromatic heterocycles. The van der Waals surface area contributed by atoms with Crippen LogP contribution in [0.15, 0.2) is 59.5 Å². The second kappa shape index (κ2) is 8.75. The Kier molecular flexibility index (Phi) is 6.67. The van der Waals surface area contributed by atoms with Crippen molar-refractivity contribution in [3.63, 3.8) is 0 Å². The van der Waals surface area contributed by atoms with Gasteiger partial charge in [0.1, 0.15) is 18.8 Å². The summed E-state index contributed by atoms with van der Waals surface area (Å²) in [6.07, 6.45) is -3.54. The van der Waals surface area contributed by atoms with Crippen LogP contribution in [0, 0.1) is 0 Å². The Morgan fingerprint density at radius 3 is 2.27 bits per heavy atom. The van der Waals surface area contributed by atoms with Crippen molar-refractivity contribution < 1.29 is 32.0 Å². The van der Waals surface area contributed by atoms with E-state index in [4.69, 9.17) is 4.74 Å². The Morgan fingerprint density at radius 2 is 1.69 bits per heavy atom. The maximum absolute atomic E-state index is 12.8. The number of aliphatic hydroxyl groups excluding tert-OH is 2. The van der Waals surface area contributed by atoms with Crippen molar-refractivity contribution in [3.8, 4) is 0 Å². The molecule has 26 heavy (non-hydrogen) atoms. The summed E-state index contributed by atoms with van der Waals surface area (Å²) in [6, 6.07) is 13.3. The van der Waals surface area contributed by atoms with E-state index >= 15 is 0 Å². The zero-order chi connectivity index (χ0) is 19.2. The van der Waals surface area contributed by atoms with Gasteiger partial charge in [0, 0.05) is 6.54 Å². The van der Waals surface area contributed by atoms with Crippen LogP contribution in [0.4, 0.5) is 8.68 Å². The van der Waals surface area contributed by atoms with E-state index < -0.39 is 33.4 Å². The topological polar surface area (TPSA) is 113 Å². The highest BCUT2D eigenvalue weighted by Crippen LogP contribution is 2.20. The van der Waals surface area contributed by atoms with Gasteiger partial charge in [-0.1, -0.05) is 42.5 Å². The molecule has 0 saturated carbocycles. The SMILES string of the molecule is O=C(NCC(O)C(O)c1ccc(S(=O)(=O)F)cc1)OCc1ccccc1. The molecule has 2 aromatic rings. The molecular formula is C17H18FNO6S. The molecule has 9 heteroatoms. The number of aliphatic hydroxyl groups is 2. The summed E-state index contributed by atoms with van der Waals surface area (Å²) in [5.74, 6) is 0. The molecule has 2 atom stereocenters. The molecule has 0 bridgehead atoms. The third-order valence-electron chi connectivity index (χ3n) is 3.54. The lowest BCUT2D eigenvalue weighted by atomic mass is 10.0. The fraction of sp³-hybridized carbons (Fsp3) is 0.235. The molecule has 0 aliphatic rings. The summed E-state index contributed by atoms with van der Waals surface area (Å²) in [4.78, 5) is 11.1. The number of ether oxygens (including phenoxy) is 1. The van der Waals surface area contributed by atoms with Crippen LogP contribution in [0.3, 0.4) is 0 Å². The molecule has 0 aliphatic carbocycles. The number of halogens is 1. The van der Waals surface area contributed by atoms with E-state index in [9.17, 15) is 27.3 Å². The molecule has 1 amide bonds. The lowest BCUT2D eigenvalue weighted by Crippen LogP contribution is -2.35. The molecule has 2 rings (SSSR count). The lowest BCUT2D eigenvalue weighted by molar-refractivity contribution is 0.0184. The Labute approximate surface area is 150 Å². The average Bonchev–Trinajstić information content (AvgIpc) is 2.64. The fourth-order valence-corrected chi connectivity index (χ4v) is 2.58. The number of amides is 1. The molecule has 0 aliphatic heterocycles. The van der Waals surface area contributed by atoms with Gasteiger partial charge in [0.25, 0.3) is 0 Å². The molecule has 0 radical (unpaired) electrons. The van der Waals surface area contributed by atoms with E-state index in [1.807, 2.05) is 6.07 Å². The van der Waals surface area contributed by atoms with Gasteiger partial charge >= 0.3 is 16.3 Å². The smallest absolute Gasteiger partial charge is 0.407 e. The summed E-state index contributed by atoms with van der Waals surface area (Å²) in [5.41, 5.74) is 0.968. The summed E-state index contributed by atoms with van der Waals surface area (Å²) >= 11 is 0. The minimum absolute atomic E-state index is 0.0600. The van der Waals surface area contributed by atoms with Gasteiger partial charge in [-0.3, -0.25) is 0 Å². The number of rotatable bonds is 7. The minimum Gasteiger partial charge on any atom is -0.445 e. The monoisotopic (exact) mass is 383 g/mol. The standard InChI is InChI=1S/C17H18FNO6S/c18-26(23,24)14-8-6-13(7-9-14)16(21)15(20)10-19-17(22)25-11-12-4-2-1-3-5-12/h1-9,15-16,20-21H,10-11H2,(H,19,22). The normalized spacial score (nSPS) is 13.7. The van der Waals surface area contributed by atoms with Gasteiger partial charge in [0.2, 0.25) is 0 Å². The predicted octanol–water partition coefficient (Wildman–Crippen LogP) is 1.67. The fourth-order valence-electron chi connectivity index (χ4n) is 2.12. The first kappa shape index (κ1) is 19.8. The second-order valence-corrected chi connectivity index (χ2v) is 6.81. The Bertz CT molecular complexity index is 826. The molecule has 0 spiro atoms. The summed E-state index contributed by atoms with van der Waals surface area (Å²) in [6.45, 7) is -0.234. The number of hydrogen-bond acceptors (Lipinski definition) is 6. The summed E-state index contributed by atoms with van der Waals surface area (Å²) < 4.78 is 39.3. The van der Waals surface area contributed by atoms with Gasteiger partial charge in [0.05, 0.1) is 4.90 Å². The highest BCUT2D eigenvalue weighted by molar-refractivity contribution is 7.86. The van der Waals surface area contributed by atoms with E-state index in [2.05, 4.69) is 5.32 Å². The number of carbonyl (C=O) groups excluding carboxylic acids is 1. The van der Waals surface area contributed by atoms with Crippen LogP contribution in [-0.2, 0) is 21.6 Å². The number of benzene rings is 2. The quantitative estimate of drug-likeness (QED) is 0.627. The van der Waals surface area contributed by atoms with Crippen LogP contribution >= 0.6 is 0 Å². The first-order valence-corrected chi connectivity index (χ1v) is 9.01. The van der Waals surface area contributed by atoms with Crippen LogP contribution in [0.1, 0.15) is 17.2 Å². The van der Waals surface area contributed by atoms with E-state index in [1.165, 1.54) is 12.1 Å². The molecule has 140 valence electrons. The zero-order valence-electron chi connectivity index (χ0n) is 13.6. The third-order valence-corrected chi connectivity index (χ3v) is 4.37. The Balaban J connectivity index is 1.82. The number of nitrogens with one attached hydrogen (secondary N) is 1. The van der Waals surface area contributed by atoms with Crippen molar-refractivity contribution in [1.82, 2.24) is 5.32 Å². The zero-order valence-corrected chi connectivity index (χ0v) is 14.4. The van der Waals surface area contributed by atoms with Crippen LogP contribution in [-0.4, -0.2) is 37.4 Å². The van der Waals surface area contributed by atoms with Crippen molar-refractivity contribution in [1.29, 1.82) is 0 Å². The highest BCUT2D eigenvalue weighted by atomic mass is 32.3. The average molecular weight is 383 g/mol. The molecule has 2 aromatic carbocycles. The molecule has 2 unspecified atom stereocenters. The number of hydrogen-bond donors (Lipinski definition) is 3. The van der Waals surface area contributed by atoms with E-state index in [0.717, 1.165) is 17.7 Å². The maximum atomic E-state index is 12.8. The van der Waals surface area contributed by atoms with Crippen molar-refractivity contribution >= 4 is 16.3 Å². The van der Waals surface area contributed by atoms with Gasteiger partial charge in [0.15, 0.2) is 0 Å². The molecule has 0 fully saturated rings. The van der Waals surface area contributed by atoms with Crippen LogP contribution in [0.5, 0.6) is 0 Å². The minimum atomic E-state index is -4.83. The van der Waals surface area contributed by atoms with Crippen molar-refractivity contribution in [2.45, 2.75) is 23.7 Å². The second-order valence-electron chi connectivity index (χ2n) is 5.46. The first-order chi connectivity index (χ1) is 12.3. The lowest BCUT2D eigenvalue weighted by Gasteiger charge is -2.18. The van der Waals surface area contributed by atoms with Gasteiger partial charge in [-0.25, -0.2) is 4.79 Å². The molecular weight excluding hydrogens is 365 g/mol. The third kappa shape index (κ3) is 5.80.